The molecule has 1 aliphatic heterocycles. The maximum absolute atomic E-state index is 6.16. The first-order chi connectivity index (χ1) is 9.22. The zero-order valence-corrected chi connectivity index (χ0v) is 11.7. The van der Waals surface area contributed by atoms with Crippen LogP contribution in [0, 0.1) is 0 Å². The quantitative estimate of drug-likeness (QED) is 0.861. The average Bonchev–Trinajstić information content (AvgIpc) is 3.01. The molecule has 2 aromatic rings. The molecule has 2 heterocycles. The van der Waals surface area contributed by atoms with Gasteiger partial charge in [-0.15, -0.1) is 0 Å². The molecule has 0 amide bonds. The van der Waals surface area contributed by atoms with Crippen LogP contribution in [0.3, 0.4) is 0 Å². The van der Waals surface area contributed by atoms with Crippen molar-refractivity contribution in [2.75, 3.05) is 20.1 Å². The standard InChI is InChI=1S/C15H17ClN2O/c1-18-7-6-12(10-18)15-17-9-13(19-15)8-11-4-2-3-5-14(11)16/h2-5,9,12H,6-8,10H2,1H3/t12-/m0/s1. The van der Waals surface area contributed by atoms with Gasteiger partial charge in [-0.2, -0.15) is 0 Å². The Bertz CT molecular complexity index is 567. The second-order valence-corrected chi connectivity index (χ2v) is 5.59. The highest BCUT2D eigenvalue weighted by molar-refractivity contribution is 6.31. The Labute approximate surface area is 118 Å². The van der Waals surface area contributed by atoms with E-state index in [1.165, 1.54) is 0 Å². The van der Waals surface area contributed by atoms with Gasteiger partial charge in [-0.1, -0.05) is 29.8 Å². The summed E-state index contributed by atoms with van der Waals surface area (Å²) in [6.07, 6.45) is 3.66. The van der Waals surface area contributed by atoms with E-state index in [4.69, 9.17) is 16.0 Å². The van der Waals surface area contributed by atoms with Gasteiger partial charge in [-0.05, 0) is 31.6 Å². The van der Waals surface area contributed by atoms with E-state index >= 15 is 0 Å². The molecule has 1 aromatic heterocycles. The number of hydrogen-bond donors (Lipinski definition) is 0. The van der Waals surface area contributed by atoms with Crippen molar-refractivity contribution in [3.05, 3.63) is 52.7 Å². The molecule has 1 aromatic carbocycles. The van der Waals surface area contributed by atoms with Gasteiger partial charge in [0, 0.05) is 23.9 Å². The van der Waals surface area contributed by atoms with Gasteiger partial charge in [0.1, 0.15) is 5.76 Å². The highest BCUT2D eigenvalue weighted by atomic mass is 35.5. The maximum atomic E-state index is 6.16. The number of benzene rings is 1. The van der Waals surface area contributed by atoms with Crippen molar-refractivity contribution in [1.29, 1.82) is 0 Å². The second kappa shape index (κ2) is 5.35. The molecule has 0 radical (unpaired) electrons. The fraction of sp³-hybridized carbons (Fsp3) is 0.400. The normalized spacial score (nSPS) is 20.0. The number of hydrogen-bond acceptors (Lipinski definition) is 3. The van der Waals surface area contributed by atoms with E-state index in [-0.39, 0.29) is 0 Å². The van der Waals surface area contributed by atoms with Crippen molar-refractivity contribution in [3.8, 4) is 0 Å². The Morgan fingerprint density at radius 2 is 2.26 bits per heavy atom. The van der Waals surface area contributed by atoms with Crippen LogP contribution in [0.4, 0.5) is 0 Å². The van der Waals surface area contributed by atoms with Gasteiger partial charge in [0.25, 0.3) is 0 Å². The molecule has 1 saturated heterocycles. The summed E-state index contributed by atoms with van der Waals surface area (Å²) in [7, 11) is 2.13. The Kier molecular flexibility index (Phi) is 3.58. The molecule has 1 atom stereocenters. The largest absolute Gasteiger partial charge is 0.445 e. The summed E-state index contributed by atoms with van der Waals surface area (Å²) in [5.74, 6) is 2.19. The smallest absolute Gasteiger partial charge is 0.198 e. The molecule has 0 aliphatic carbocycles. The van der Waals surface area contributed by atoms with Crippen molar-refractivity contribution in [3.63, 3.8) is 0 Å². The number of likely N-dealkylation sites (N-methyl/N-ethyl adjacent to an activating group) is 1. The van der Waals surface area contributed by atoms with Crippen LogP contribution >= 0.6 is 11.6 Å². The maximum Gasteiger partial charge on any atom is 0.198 e. The van der Waals surface area contributed by atoms with Gasteiger partial charge in [0.2, 0.25) is 0 Å². The number of halogens is 1. The molecular formula is C15H17ClN2O. The summed E-state index contributed by atoms with van der Waals surface area (Å²) in [6.45, 7) is 2.15. The molecule has 0 bridgehead atoms. The molecule has 100 valence electrons. The lowest BCUT2D eigenvalue weighted by Crippen LogP contribution is -2.13. The second-order valence-electron chi connectivity index (χ2n) is 5.18. The third kappa shape index (κ3) is 2.82. The van der Waals surface area contributed by atoms with E-state index in [1.807, 2.05) is 30.5 Å². The fourth-order valence-corrected chi connectivity index (χ4v) is 2.76. The molecule has 3 rings (SSSR count). The first kappa shape index (κ1) is 12.7. The van der Waals surface area contributed by atoms with Crippen LogP contribution in [-0.4, -0.2) is 30.0 Å². The molecule has 0 spiro atoms. The van der Waals surface area contributed by atoms with Crippen LogP contribution in [0.15, 0.2) is 34.9 Å². The van der Waals surface area contributed by atoms with Crippen molar-refractivity contribution < 1.29 is 4.42 Å². The molecule has 1 aliphatic rings. The van der Waals surface area contributed by atoms with Crippen molar-refractivity contribution >= 4 is 11.6 Å². The lowest BCUT2D eigenvalue weighted by molar-refractivity contribution is 0.385. The van der Waals surface area contributed by atoms with Gasteiger partial charge < -0.3 is 9.32 Å². The topological polar surface area (TPSA) is 29.3 Å². The van der Waals surface area contributed by atoms with Gasteiger partial charge in [0.15, 0.2) is 5.89 Å². The molecule has 1 fully saturated rings. The number of likely N-dealkylation sites (tertiary alicyclic amines) is 1. The summed E-state index contributed by atoms with van der Waals surface area (Å²) in [6, 6.07) is 7.85. The van der Waals surface area contributed by atoms with Gasteiger partial charge in [-0.25, -0.2) is 4.98 Å². The van der Waals surface area contributed by atoms with Crippen LogP contribution in [0.2, 0.25) is 5.02 Å². The van der Waals surface area contributed by atoms with Crippen LogP contribution in [0.1, 0.15) is 29.6 Å². The Morgan fingerprint density at radius 1 is 1.42 bits per heavy atom. The van der Waals surface area contributed by atoms with Gasteiger partial charge in [-0.3, -0.25) is 0 Å². The lowest BCUT2D eigenvalue weighted by atomic mass is 10.1. The summed E-state index contributed by atoms with van der Waals surface area (Å²) in [5, 5.41) is 0.779. The van der Waals surface area contributed by atoms with Crippen LogP contribution in [0.5, 0.6) is 0 Å². The lowest BCUT2D eigenvalue weighted by Gasteiger charge is -2.06. The molecule has 4 heteroatoms. The molecule has 3 nitrogen and oxygen atoms in total. The molecule has 0 N–H and O–H groups in total. The third-order valence-electron chi connectivity index (χ3n) is 3.63. The predicted octanol–water partition coefficient (Wildman–Crippen LogP) is 3.34. The van der Waals surface area contributed by atoms with E-state index in [9.17, 15) is 0 Å². The Hall–Kier alpha value is -1.32. The number of aromatic nitrogens is 1. The summed E-state index contributed by atoms with van der Waals surface area (Å²) < 4.78 is 5.88. The van der Waals surface area contributed by atoms with Gasteiger partial charge in [0.05, 0.1) is 6.20 Å². The zero-order chi connectivity index (χ0) is 13.2. The van der Waals surface area contributed by atoms with E-state index < -0.39 is 0 Å². The van der Waals surface area contributed by atoms with E-state index in [2.05, 4.69) is 16.9 Å². The fourth-order valence-electron chi connectivity index (χ4n) is 2.56. The minimum atomic E-state index is 0.435. The highest BCUT2D eigenvalue weighted by Crippen LogP contribution is 2.27. The van der Waals surface area contributed by atoms with E-state index in [0.29, 0.717) is 12.3 Å². The zero-order valence-electron chi connectivity index (χ0n) is 11.0. The highest BCUT2D eigenvalue weighted by Gasteiger charge is 2.25. The first-order valence-corrected chi connectivity index (χ1v) is 6.96. The number of oxazole rings is 1. The SMILES string of the molecule is CN1CC[C@H](c2ncc(Cc3ccccc3Cl)o2)C1. The minimum absolute atomic E-state index is 0.435. The van der Waals surface area contributed by atoms with Crippen molar-refractivity contribution in [2.24, 2.45) is 0 Å². The van der Waals surface area contributed by atoms with E-state index in [0.717, 1.165) is 41.7 Å². The van der Waals surface area contributed by atoms with Crippen LogP contribution < -0.4 is 0 Å². The number of rotatable bonds is 3. The monoisotopic (exact) mass is 276 g/mol. The molecular weight excluding hydrogens is 260 g/mol. The Morgan fingerprint density at radius 3 is 3.00 bits per heavy atom. The minimum Gasteiger partial charge on any atom is -0.445 e. The first-order valence-electron chi connectivity index (χ1n) is 6.59. The van der Waals surface area contributed by atoms with Crippen LogP contribution in [-0.2, 0) is 6.42 Å². The van der Waals surface area contributed by atoms with Crippen molar-refractivity contribution in [2.45, 2.75) is 18.8 Å². The number of nitrogens with zero attached hydrogens (tertiary/aromatic N) is 2. The molecule has 0 unspecified atom stereocenters. The Balaban J connectivity index is 1.73. The van der Waals surface area contributed by atoms with E-state index in [1.54, 1.807) is 0 Å². The summed E-state index contributed by atoms with van der Waals surface area (Å²) in [5.41, 5.74) is 1.08. The molecule has 0 saturated carbocycles. The average molecular weight is 277 g/mol. The van der Waals surface area contributed by atoms with Crippen LogP contribution in [0.25, 0.3) is 0 Å². The van der Waals surface area contributed by atoms with Gasteiger partial charge >= 0.3 is 0 Å². The third-order valence-corrected chi connectivity index (χ3v) is 4.00. The summed E-state index contributed by atoms with van der Waals surface area (Å²) >= 11 is 6.16. The molecule has 19 heavy (non-hydrogen) atoms. The summed E-state index contributed by atoms with van der Waals surface area (Å²) in [4.78, 5) is 6.73. The predicted molar refractivity (Wildman–Crippen MR) is 75.6 cm³/mol. The van der Waals surface area contributed by atoms with Crippen molar-refractivity contribution in [1.82, 2.24) is 9.88 Å².